The number of aromatic nitrogens is 4. The average molecular weight is 484 g/mol. The number of hydrogen-bond acceptors (Lipinski definition) is 8. The van der Waals surface area contributed by atoms with Crippen LogP contribution in [-0.4, -0.2) is 55.9 Å². The molecule has 0 fully saturated rings. The Morgan fingerprint density at radius 1 is 0.667 bits per heavy atom. The number of rotatable bonds is 7. The molecular weight excluding hydrogens is 476 g/mol. The molecule has 2 amide bonds. The summed E-state index contributed by atoms with van der Waals surface area (Å²) in [6, 6.07) is 0. The van der Waals surface area contributed by atoms with Crippen LogP contribution in [0.5, 0.6) is 0 Å². The number of alkyl halides is 8. The Kier molecular flexibility index (Phi) is 6.05. The summed E-state index contributed by atoms with van der Waals surface area (Å²) in [6.45, 7) is 2.57. The predicted octanol–water partition coefficient (Wildman–Crippen LogP) is 3.12. The van der Waals surface area contributed by atoms with Crippen LogP contribution >= 0.6 is 22.7 Å². The molecule has 0 aliphatic rings. The molecule has 2 N–H and O–H groups in total. The topological polar surface area (TPSA) is 110 Å². The molecule has 30 heavy (non-hydrogen) atoms. The van der Waals surface area contributed by atoms with Gasteiger partial charge in [0.25, 0.3) is 0 Å². The molecule has 8 nitrogen and oxygen atoms in total. The van der Waals surface area contributed by atoms with Gasteiger partial charge in [0.1, 0.15) is 10.0 Å². The van der Waals surface area contributed by atoms with Gasteiger partial charge >= 0.3 is 35.5 Å². The van der Waals surface area contributed by atoms with Gasteiger partial charge in [-0.3, -0.25) is 20.2 Å². The Balaban J connectivity index is 2.31. The van der Waals surface area contributed by atoms with E-state index in [0.29, 0.717) is 22.7 Å². The van der Waals surface area contributed by atoms with Gasteiger partial charge in [-0.2, -0.15) is 35.1 Å². The number of carbonyl (C=O) groups is 2. The molecule has 2 heterocycles. The summed E-state index contributed by atoms with van der Waals surface area (Å²) >= 11 is 0.840. The van der Waals surface area contributed by atoms with Gasteiger partial charge < -0.3 is 0 Å². The zero-order valence-electron chi connectivity index (χ0n) is 14.4. The van der Waals surface area contributed by atoms with Gasteiger partial charge in [0.15, 0.2) is 0 Å². The summed E-state index contributed by atoms with van der Waals surface area (Å²) in [5.41, 5.74) is 0. The highest BCUT2D eigenvalue weighted by atomic mass is 32.1. The monoisotopic (exact) mass is 484 g/mol. The summed E-state index contributed by atoms with van der Waals surface area (Å²) in [4.78, 5) is 22.9. The number of aryl methyl sites for hydroxylation is 2. The lowest BCUT2D eigenvalue weighted by Crippen LogP contribution is -2.67. The maximum absolute atomic E-state index is 13.9. The molecule has 0 radical (unpaired) electrons. The first-order valence-electron chi connectivity index (χ1n) is 7.28. The minimum atomic E-state index is -7.00. The molecule has 0 spiro atoms. The molecule has 2 aromatic rings. The summed E-state index contributed by atoms with van der Waals surface area (Å²) in [5, 5.41) is 13.5. The first-order chi connectivity index (χ1) is 13.5. The predicted molar refractivity (Wildman–Crippen MR) is 86.3 cm³/mol. The highest BCUT2D eigenvalue weighted by molar-refractivity contribution is 7.15. The van der Waals surface area contributed by atoms with Gasteiger partial charge in [0.2, 0.25) is 10.3 Å². The number of nitrogens with one attached hydrogen (secondary N) is 2. The fourth-order valence-corrected chi connectivity index (χ4v) is 2.90. The van der Waals surface area contributed by atoms with Crippen LogP contribution in [0.3, 0.4) is 0 Å². The van der Waals surface area contributed by atoms with E-state index in [9.17, 15) is 44.7 Å². The summed E-state index contributed by atoms with van der Waals surface area (Å²) < 4.78 is 111. The second-order valence-corrected chi connectivity index (χ2v) is 7.82. The Labute approximate surface area is 168 Å². The summed E-state index contributed by atoms with van der Waals surface area (Å²) in [6.07, 6.45) is 0. The Morgan fingerprint density at radius 2 is 0.967 bits per heavy atom. The lowest BCUT2D eigenvalue weighted by atomic mass is 9.97. The lowest BCUT2D eigenvalue weighted by Gasteiger charge is -2.34. The maximum Gasteiger partial charge on any atom is 0.393 e. The largest absolute Gasteiger partial charge is 0.393 e. The van der Waals surface area contributed by atoms with Gasteiger partial charge in [-0.05, 0) is 13.8 Å². The molecule has 2 rings (SSSR count). The van der Waals surface area contributed by atoms with Crippen LogP contribution in [-0.2, 0) is 9.59 Å². The summed E-state index contributed by atoms with van der Waals surface area (Å²) in [7, 11) is 0. The number of halogens is 8. The number of anilines is 2. The van der Waals surface area contributed by atoms with Crippen LogP contribution in [0.15, 0.2) is 0 Å². The summed E-state index contributed by atoms with van der Waals surface area (Å²) in [5.74, 6) is -32.9. The van der Waals surface area contributed by atoms with E-state index in [4.69, 9.17) is 0 Å². The smallest absolute Gasteiger partial charge is 0.295 e. The van der Waals surface area contributed by atoms with Crippen molar-refractivity contribution >= 4 is 44.8 Å². The van der Waals surface area contributed by atoms with Crippen LogP contribution in [0.2, 0.25) is 0 Å². The van der Waals surface area contributed by atoms with Crippen LogP contribution in [0.1, 0.15) is 10.0 Å². The van der Waals surface area contributed by atoms with E-state index in [-0.39, 0.29) is 10.0 Å². The second kappa shape index (κ2) is 7.64. The van der Waals surface area contributed by atoms with E-state index >= 15 is 0 Å². The van der Waals surface area contributed by atoms with Crippen molar-refractivity contribution in [1.82, 2.24) is 20.4 Å². The molecule has 0 unspecified atom stereocenters. The van der Waals surface area contributed by atoms with Crippen molar-refractivity contribution in [3.63, 3.8) is 0 Å². The molecule has 0 aliphatic carbocycles. The SMILES string of the molecule is Cc1nnc(NC(=O)C(F)(F)C(F)(F)C(F)(F)C(F)(F)C(=O)Nc2nnc(C)s2)s1. The van der Waals surface area contributed by atoms with E-state index in [1.165, 1.54) is 13.8 Å². The Bertz CT molecular complexity index is 886. The van der Waals surface area contributed by atoms with Crippen LogP contribution in [0.25, 0.3) is 0 Å². The van der Waals surface area contributed by atoms with Gasteiger partial charge in [-0.15, -0.1) is 20.4 Å². The van der Waals surface area contributed by atoms with Crippen LogP contribution < -0.4 is 10.6 Å². The molecule has 0 aromatic carbocycles. The molecule has 0 saturated carbocycles. The average Bonchev–Trinajstić information content (AvgIpc) is 3.22. The number of carbonyl (C=O) groups excluding carboxylic acids is 2. The fraction of sp³-hybridized carbons (Fsp3) is 0.500. The van der Waals surface area contributed by atoms with Crippen molar-refractivity contribution in [2.45, 2.75) is 37.5 Å². The van der Waals surface area contributed by atoms with Crippen molar-refractivity contribution in [3.8, 4) is 0 Å². The van der Waals surface area contributed by atoms with Gasteiger partial charge in [-0.25, -0.2) is 0 Å². The molecule has 0 bridgehead atoms. The van der Waals surface area contributed by atoms with E-state index in [1.54, 1.807) is 0 Å². The standard InChI is InChI=1S/C12H8F8N6O2S2/c1-3-23-25-7(29-3)21-5(27)9(13,14)11(17,18)12(19,20)10(15,16)6(28)22-8-26-24-4(2)30-8/h1-2H3,(H,21,25,27)(H,22,26,28). The number of amides is 2. The quantitative estimate of drug-likeness (QED) is 0.585. The lowest BCUT2D eigenvalue weighted by molar-refractivity contribution is -0.345. The molecule has 0 atom stereocenters. The zero-order chi connectivity index (χ0) is 23.1. The van der Waals surface area contributed by atoms with Gasteiger partial charge in [0.05, 0.1) is 0 Å². The molecule has 166 valence electrons. The van der Waals surface area contributed by atoms with E-state index in [2.05, 4.69) is 20.4 Å². The third-order valence-corrected chi connectivity index (χ3v) is 4.75. The molecule has 2 aromatic heterocycles. The molecule has 0 saturated heterocycles. The van der Waals surface area contributed by atoms with Crippen molar-refractivity contribution in [3.05, 3.63) is 10.0 Å². The fourth-order valence-electron chi connectivity index (χ4n) is 1.72. The van der Waals surface area contributed by atoms with E-state index in [1.807, 2.05) is 0 Å². The molecule has 18 heteroatoms. The molecule has 0 aliphatic heterocycles. The van der Waals surface area contributed by atoms with Crippen LogP contribution in [0, 0.1) is 13.8 Å². The Hall–Kier alpha value is -2.50. The van der Waals surface area contributed by atoms with E-state index in [0.717, 1.165) is 10.6 Å². The van der Waals surface area contributed by atoms with Crippen molar-refractivity contribution in [2.24, 2.45) is 0 Å². The third-order valence-electron chi connectivity index (χ3n) is 3.25. The van der Waals surface area contributed by atoms with Crippen molar-refractivity contribution in [1.29, 1.82) is 0 Å². The van der Waals surface area contributed by atoms with Crippen molar-refractivity contribution < 1.29 is 44.7 Å². The van der Waals surface area contributed by atoms with E-state index < -0.39 is 45.8 Å². The second-order valence-electron chi connectivity index (χ2n) is 5.46. The highest BCUT2D eigenvalue weighted by Crippen LogP contribution is 2.53. The minimum absolute atomic E-state index is 0.0841. The third kappa shape index (κ3) is 3.92. The number of nitrogens with zero attached hydrogens (tertiary/aromatic N) is 4. The Morgan fingerprint density at radius 3 is 1.20 bits per heavy atom. The van der Waals surface area contributed by atoms with Crippen LogP contribution in [0.4, 0.5) is 45.4 Å². The minimum Gasteiger partial charge on any atom is -0.295 e. The highest BCUT2D eigenvalue weighted by Gasteiger charge is 2.84. The normalized spacial score (nSPS) is 13.3. The van der Waals surface area contributed by atoms with Crippen molar-refractivity contribution in [2.75, 3.05) is 10.6 Å². The van der Waals surface area contributed by atoms with Gasteiger partial charge in [0, 0.05) is 0 Å². The van der Waals surface area contributed by atoms with Gasteiger partial charge in [-0.1, -0.05) is 22.7 Å². The first-order valence-corrected chi connectivity index (χ1v) is 8.91. The molecular formula is C12H8F8N6O2S2. The first kappa shape index (κ1) is 23.8. The number of hydrogen-bond donors (Lipinski definition) is 2. The maximum atomic E-state index is 13.9. The zero-order valence-corrected chi connectivity index (χ0v) is 16.1.